The van der Waals surface area contributed by atoms with E-state index in [1.807, 2.05) is 0 Å². The number of carbonyl (C=O) groups is 1. The zero-order valence-corrected chi connectivity index (χ0v) is 7.73. The number of hydrogen-bond acceptors (Lipinski definition) is 5. The van der Waals surface area contributed by atoms with Crippen LogP contribution < -0.4 is 5.32 Å². The Balaban J connectivity index is 2.10. The van der Waals surface area contributed by atoms with E-state index in [2.05, 4.69) is 25.9 Å². The molecule has 1 rings (SSSR count). The smallest absolute Gasteiger partial charge is 0.292 e. The van der Waals surface area contributed by atoms with Crippen molar-refractivity contribution in [2.45, 2.75) is 19.3 Å². The maximum atomic E-state index is 11.2. The van der Waals surface area contributed by atoms with Crippen LogP contribution in [0.1, 0.15) is 29.9 Å². The molecular weight excluding hydrogens is 186 g/mol. The average Bonchev–Trinajstić information content (AvgIpc) is 2.70. The third kappa shape index (κ3) is 3.48. The van der Waals surface area contributed by atoms with Gasteiger partial charge in [0.2, 0.25) is 0 Å². The van der Waals surface area contributed by atoms with E-state index < -0.39 is 0 Å². The molecule has 7 nitrogen and oxygen atoms in total. The number of hydrogen-bond donors (Lipinski definition) is 3. The van der Waals surface area contributed by atoms with Crippen molar-refractivity contribution in [3.05, 3.63) is 5.82 Å². The molecule has 1 aromatic heterocycles. The molecule has 0 spiro atoms. The molecule has 0 bridgehead atoms. The molecule has 0 fully saturated rings. The Bertz CT molecular complexity index is 261. The predicted octanol–water partition coefficient (Wildman–Crippen LogP) is -0.908. The molecule has 0 saturated carbocycles. The number of nitrogens with zero attached hydrogens (tertiary/aromatic N) is 3. The third-order valence-electron chi connectivity index (χ3n) is 1.67. The summed E-state index contributed by atoms with van der Waals surface area (Å²) in [6, 6.07) is 0. The molecule has 3 N–H and O–H groups in total. The van der Waals surface area contributed by atoms with Crippen molar-refractivity contribution < 1.29 is 9.90 Å². The summed E-state index contributed by atoms with van der Waals surface area (Å²) in [7, 11) is 0. The first-order valence-electron chi connectivity index (χ1n) is 4.47. The van der Waals surface area contributed by atoms with Gasteiger partial charge in [-0.1, -0.05) is 0 Å². The Kier molecular flexibility index (Phi) is 4.56. The summed E-state index contributed by atoms with van der Waals surface area (Å²) in [4.78, 5) is 11.2. The fourth-order valence-corrected chi connectivity index (χ4v) is 0.953. The van der Waals surface area contributed by atoms with Gasteiger partial charge in [0.1, 0.15) is 0 Å². The highest BCUT2D eigenvalue weighted by atomic mass is 16.2. The van der Waals surface area contributed by atoms with E-state index in [0.29, 0.717) is 6.54 Å². The van der Waals surface area contributed by atoms with E-state index in [1.165, 1.54) is 0 Å². The highest BCUT2D eigenvalue weighted by Crippen LogP contribution is 1.92. The van der Waals surface area contributed by atoms with E-state index in [4.69, 9.17) is 5.11 Å². The quantitative estimate of drug-likeness (QED) is 0.515. The molecule has 0 unspecified atom stereocenters. The molecule has 7 heteroatoms. The van der Waals surface area contributed by atoms with Crippen LogP contribution in [-0.4, -0.2) is 44.8 Å². The largest absolute Gasteiger partial charge is 0.396 e. The summed E-state index contributed by atoms with van der Waals surface area (Å²) in [5.74, 6) is -0.282. The number of H-pyrrole nitrogens is 1. The lowest BCUT2D eigenvalue weighted by Crippen LogP contribution is -2.25. The summed E-state index contributed by atoms with van der Waals surface area (Å²) >= 11 is 0. The number of unbranched alkanes of at least 4 members (excludes halogenated alkanes) is 2. The molecule has 0 saturated heterocycles. The molecule has 1 amide bonds. The molecule has 78 valence electrons. The molecule has 1 heterocycles. The lowest BCUT2D eigenvalue weighted by molar-refractivity contribution is 0.0942. The number of nitrogens with one attached hydrogen (secondary N) is 2. The minimum absolute atomic E-state index is 0.0483. The monoisotopic (exact) mass is 199 g/mol. The Hall–Kier alpha value is -1.50. The zero-order chi connectivity index (χ0) is 10.2. The van der Waals surface area contributed by atoms with Gasteiger partial charge >= 0.3 is 0 Å². The number of aliphatic hydroxyl groups is 1. The van der Waals surface area contributed by atoms with Crippen molar-refractivity contribution >= 4 is 5.91 Å². The second-order valence-corrected chi connectivity index (χ2v) is 2.78. The van der Waals surface area contributed by atoms with Crippen molar-refractivity contribution in [2.24, 2.45) is 0 Å². The van der Waals surface area contributed by atoms with Crippen LogP contribution in [0.4, 0.5) is 0 Å². The summed E-state index contributed by atoms with van der Waals surface area (Å²) in [5.41, 5.74) is 0. The first kappa shape index (κ1) is 10.6. The van der Waals surface area contributed by atoms with Gasteiger partial charge in [-0.05, 0) is 24.5 Å². The Labute approximate surface area is 80.9 Å². The van der Waals surface area contributed by atoms with E-state index in [0.717, 1.165) is 19.3 Å². The number of aliphatic hydroxyl groups excluding tert-OH is 1. The second-order valence-electron chi connectivity index (χ2n) is 2.78. The lowest BCUT2D eigenvalue weighted by Gasteiger charge is -2.00. The topological polar surface area (TPSA) is 104 Å². The Morgan fingerprint density at radius 3 is 2.93 bits per heavy atom. The van der Waals surface area contributed by atoms with Gasteiger partial charge in [-0.3, -0.25) is 4.79 Å². The predicted molar refractivity (Wildman–Crippen MR) is 47.4 cm³/mol. The van der Waals surface area contributed by atoms with Crippen LogP contribution in [0.2, 0.25) is 0 Å². The standard InChI is InChI=1S/C7H13N5O2/c13-5-3-1-2-4-8-7(14)6-9-11-12-10-6/h13H,1-5H2,(H,8,14)(H,9,10,11,12). The maximum absolute atomic E-state index is 11.2. The van der Waals surface area contributed by atoms with Crippen LogP contribution >= 0.6 is 0 Å². The van der Waals surface area contributed by atoms with Gasteiger partial charge in [-0.2, -0.15) is 5.21 Å². The SMILES string of the molecule is O=C(NCCCCCO)c1nn[nH]n1. The van der Waals surface area contributed by atoms with E-state index in [1.54, 1.807) is 0 Å². The molecule has 0 atom stereocenters. The fourth-order valence-electron chi connectivity index (χ4n) is 0.953. The summed E-state index contributed by atoms with van der Waals surface area (Å²) in [6.45, 7) is 0.756. The minimum Gasteiger partial charge on any atom is -0.396 e. The van der Waals surface area contributed by atoms with Gasteiger partial charge in [0.05, 0.1) is 0 Å². The number of aromatic amines is 1. The minimum atomic E-state index is -0.331. The Morgan fingerprint density at radius 1 is 1.43 bits per heavy atom. The molecule has 0 aliphatic rings. The highest BCUT2D eigenvalue weighted by Gasteiger charge is 2.08. The van der Waals surface area contributed by atoms with Crippen LogP contribution in [0.25, 0.3) is 0 Å². The lowest BCUT2D eigenvalue weighted by atomic mass is 10.2. The zero-order valence-electron chi connectivity index (χ0n) is 7.73. The van der Waals surface area contributed by atoms with Crippen LogP contribution in [0.3, 0.4) is 0 Å². The maximum Gasteiger partial charge on any atom is 0.292 e. The van der Waals surface area contributed by atoms with Crippen LogP contribution in [0, 0.1) is 0 Å². The molecule has 1 aromatic rings. The fraction of sp³-hybridized carbons (Fsp3) is 0.714. The van der Waals surface area contributed by atoms with Crippen molar-refractivity contribution in [1.82, 2.24) is 25.9 Å². The van der Waals surface area contributed by atoms with Gasteiger partial charge in [0.25, 0.3) is 11.7 Å². The molecule has 0 aromatic carbocycles. The number of rotatable bonds is 6. The number of aromatic nitrogens is 4. The van der Waals surface area contributed by atoms with Gasteiger partial charge in [-0.25, -0.2) is 0 Å². The number of tetrazole rings is 1. The third-order valence-corrected chi connectivity index (χ3v) is 1.67. The van der Waals surface area contributed by atoms with Crippen molar-refractivity contribution in [3.8, 4) is 0 Å². The number of amides is 1. The Morgan fingerprint density at radius 2 is 2.29 bits per heavy atom. The summed E-state index contributed by atoms with van der Waals surface area (Å²) in [6.07, 6.45) is 2.49. The molecule has 14 heavy (non-hydrogen) atoms. The first-order chi connectivity index (χ1) is 6.84. The van der Waals surface area contributed by atoms with Crippen molar-refractivity contribution in [3.63, 3.8) is 0 Å². The molecule has 0 aliphatic carbocycles. The molecular formula is C7H13N5O2. The van der Waals surface area contributed by atoms with Crippen molar-refractivity contribution in [2.75, 3.05) is 13.2 Å². The van der Waals surface area contributed by atoms with Gasteiger partial charge < -0.3 is 10.4 Å². The molecule has 0 aliphatic heterocycles. The molecule has 0 radical (unpaired) electrons. The summed E-state index contributed by atoms with van der Waals surface area (Å²) in [5, 5.41) is 23.7. The summed E-state index contributed by atoms with van der Waals surface area (Å²) < 4.78 is 0. The van der Waals surface area contributed by atoms with E-state index in [9.17, 15) is 4.79 Å². The van der Waals surface area contributed by atoms with E-state index in [-0.39, 0.29) is 18.3 Å². The van der Waals surface area contributed by atoms with E-state index >= 15 is 0 Å². The van der Waals surface area contributed by atoms with Crippen LogP contribution in [0.5, 0.6) is 0 Å². The highest BCUT2D eigenvalue weighted by molar-refractivity contribution is 5.89. The van der Waals surface area contributed by atoms with Crippen molar-refractivity contribution in [1.29, 1.82) is 0 Å². The van der Waals surface area contributed by atoms with Gasteiger partial charge in [-0.15, -0.1) is 10.2 Å². The number of carbonyl (C=O) groups excluding carboxylic acids is 1. The van der Waals surface area contributed by atoms with Crippen LogP contribution in [-0.2, 0) is 0 Å². The normalized spacial score (nSPS) is 10.1. The van der Waals surface area contributed by atoms with Gasteiger partial charge in [0.15, 0.2) is 0 Å². The average molecular weight is 199 g/mol. The van der Waals surface area contributed by atoms with Gasteiger partial charge in [0, 0.05) is 13.2 Å². The van der Waals surface area contributed by atoms with Crippen LogP contribution in [0.15, 0.2) is 0 Å². The first-order valence-corrected chi connectivity index (χ1v) is 4.47. The second kappa shape index (κ2) is 6.03.